The summed E-state index contributed by atoms with van der Waals surface area (Å²) in [6.45, 7) is 13.5. The van der Waals surface area contributed by atoms with Gasteiger partial charge in [-0.3, -0.25) is 4.79 Å². The van der Waals surface area contributed by atoms with E-state index >= 15 is 0 Å². The van der Waals surface area contributed by atoms with Crippen LogP contribution in [-0.4, -0.2) is 36.2 Å². The molecular weight excluding hydrogens is 294 g/mol. The lowest BCUT2D eigenvalue weighted by atomic mass is 9.91. The van der Waals surface area contributed by atoms with Crippen LogP contribution < -0.4 is 5.32 Å². The molecule has 132 valence electrons. The summed E-state index contributed by atoms with van der Waals surface area (Å²) in [5.74, 6) is 0.286. The van der Waals surface area contributed by atoms with Gasteiger partial charge in [-0.05, 0) is 46.0 Å². The van der Waals surface area contributed by atoms with Crippen molar-refractivity contribution in [1.82, 2.24) is 5.32 Å². The fourth-order valence-electron chi connectivity index (χ4n) is 2.68. The van der Waals surface area contributed by atoms with Gasteiger partial charge in [0.15, 0.2) is 5.78 Å². The van der Waals surface area contributed by atoms with E-state index in [1.165, 1.54) is 0 Å². The molecule has 1 rings (SSSR count). The minimum Gasteiger partial charge on any atom is -0.444 e. The van der Waals surface area contributed by atoms with E-state index in [1.807, 2.05) is 33.8 Å². The first-order valence-electron chi connectivity index (χ1n) is 8.39. The van der Waals surface area contributed by atoms with Gasteiger partial charge in [0.25, 0.3) is 0 Å². The predicted octanol–water partition coefficient (Wildman–Crippen LogP) is 3.48. The SMILES string of the molecule is C=CCCC(C)CC(NC(=O)OC(C)(C)C)[C@H]1OCC(C)C1=O. The first kappa shape index (κ1) is 19.7. The maximum absolute atomic E-state index is 12.3. The molecule has 0 radical (unpaired) electrons. The summed E-state index contributed by atoms with van der Waals surface area (Å²) in [4.78, 5) is 24.4. The monoisotopic (exact) mass is 325 g/mol. The third-order valence-electron chi connectivity index (χ3n) is 3.88. The van der Waals surface area contributed by atoms with Crippen molar-refractivity contribution in [2.45, 2.75) is 71.6 Å². The molecule has 0 spiro atoms. The minimum atomic E-state index is -0.580. The Morgan fingerprint density at radius 2 is 2.17 bits per heavy atom. The van der Waals surface area contributed by atoms with Crippen molar-refractivity contribution in [2.24, 2.45) is 11.8 Å². The molecule has 23 heavy (non-hydrogen) atoms. The number of ketones is 1. The summed E-state index contributed by atoms with van der Waals surface area (Å²) in [7, 11) is 0. The maximum Gasteiger partial charge on any atom is 0.407 e. The Bertz CT molecular complexity index is 427. The van der Waals surface area contributed by atoms with Crippen molar-refractivity contribution in [3.63, 3.8) is 0 Å². The van der Waals surface area contributed by atoms with Crippen LogP contribution >= 0.6 is 0 Å². The van der Waals surface area contributed by atoms with Gasteiger partial charge in [-0.1, -0.05) is 19.9 Å². The smallest absolute Gasteiger partial charge is 0.407 e. The van der Waals surface area contributed by atoms with E-state index in [-0.39, 0.29) is 17.7 Å². The summed E-state index contributed by atoms with van der Waals surface area (Å²) in [6, 6.07) is -0.359. The average molecular weight is 325 g/mol. The van der Waals surface area contributed by atoms with Gasteiger partial charge in [0.1, 0.15) is 11.7 Å². The minimum absolute atomic E-state index is 0.0574. The van der Waals surface area contributed by atoms with Crippen molar-refractivity contribution in [1.29, 1.82) is 0 Å². The molecule has 1 amide bonds. The molecule has 4 atom stereocenters. The third kappa shape index (κ3) is 6.73. The summed E-state index contributed by atoms with van der Waals surface area (Å²) in [6.07, 6.45) is 3.35. The number of amides is 1. The number of ether oxygens (including phenoxy) is 2. The highest BCUT2D eigenvalue weighted by molar-refractivity contribution is 5.88. The molecule has 0 aromatic heterocycles. The van der Waals surface area contributed by atoms with Crippen molar-refractivity contribution in [3.05, 3.63) is 12.7 Å². The van der Waals surface area contributed by atoms with Crippen LogP contribution in [0.3, 0.4) is 0 Å². The Labute approximate surface area is 139 Å². The van der Waals surface area contributed by atoms with E-state index in [9.17, 15) is 9.59 Å². The van der Waals surface area contributed by atoms with Crippen molar-refractivity contribution < 1.29 is 19.1 Å². The standard InChI is InChI=1S/C18H31NO4/c1-7-8-9-12(2)10-14(16-15(20)13(3)11-22-16)19-17(21)23-18(4,5)6/h7,12-14,16H,1,8-11H2,2-6H3,(H,19,21)/t12?,13?,14?,16-/m1/s1. The van der Waals surface area contributed by atoms with Gasteiger partial charge in [0.05, 0.1) is 12.6 Å². The van der Waals surface area contributed by atoms with E-state index in [0.29, 0.717) is 18.9 Å². The first-order chi connectivity index (χ1) is 10.6. The second-order valence-corrected chi connectivity index (χ2v) is 7.52. The Morgan fingerprint density at radius 3 is 2.65 bits per heavy atom. The van der Waals surface area contributed by atoms with Gasteiger partial charge >= 0.3 is 6.09 Å². The molecule has 1 heterocycles. The molecule has 0 saturated carbocycles. The second kappa shape index (κ2) is 8.48. The number of alkyl carbamates (subject to hydrolysis) is 1. The predicted molar refractivity (Wildman–Crippen MR) is 90.3 cm³/mol. The molecule has 1 N–H and O–H groups in total. The largest absolute Gasteiger partial charge is 0.444 e. The van der Waals surface area contributed by atoms with Crippen LogP contribution in [0.2, 0.25) is 0 Å². The normalized spacial score (nSPS) is 24.1. The molecule has 5 heteroatoms. The lowest BCUT2D eigenvalue weighted by Crippen LogP contribution is -2.48. The number of rotatable bonds is 7. The summed E-state index contributed by atoms with van der Waals surface area (Å²) in [5, 5.41) is 2.84. The van der Waals surface area contributed by atoms with E-state index in [0.717, 1.165) is 12.8 Å². The highest BCUT2D eigenvalue weighted by atomic mass is 16.6. The van der Waals surface area contributed by atoms with Gasteiger partial charge in [-0.2, -0.15) is 0 Å². The Kier molecular flexibility index (Phi) is 7.26. The first-order valence-corrected chi connectivity index (χ1v) is 8.39. The summed E-state index contributed by atoms with van der Waals surface area (Å²) >= 11 is 0. The molecule has 3 unspecified atom stereocenters. The quantitative estimate of drug-likeness (QED) is 0.728. The van der Waals surface area contributed by atoms with Gasteiger partial charge < -0.3 is 14.8 Å². The highest BCUT2D eigenvalue weighted by Crippen LogP contribution is 2.24. The van der Waals surface area contributed by atoms with Crippen molar-refractivity contribution in [3.8, 4) is 0 Å². The van der Waals surface area contributed by atoms with Crippen LogP contribution in [0.1, 0.15) is 53.9 Å². The molecule has 1 aliphatic heterocycles. The molecule has 1 fully saturated rings. The van der Waals surface area contributed by atoms with E-state index in [2.05, 4.69) is 18.8 Å². The second-order valence-electron chi connectivity index (χ2n) is 7.52. The lowest BCUT2D eigenvalue weighted by Gasteiger charge is -2.28. The van der Waals surface area contributed by atoms with Crippen LogP contribution in [-0.2, 0) is 14.3 Å². The molecule has 5 nitrogen and oxygen atoms in total. The van der Waals surface area contributed by atoms with E-state index < -0.39 is 17.8 Å². The molecule has 0 bridgehead atoms. The number of allylic oxidation sites excluding steroid dienone is 1. The molecule has 0 aromatic rings. The molecule has 0 aliphatic carbocycles. The highest BCUT2D eigenvalue weighted by Gasteiger charge is 2.39. The zero-order valence-electron chi connectivity index (χ0n) is 15.1. The van der Waals surface area contributed by atoms with Gasteiger partial charge in [0, 0.05) is 5.92 Å². The average Bonchev–Trinajstić information content (AvgIpc) is 2.74. The molecule has 1 saturated heterocycles. The van der Waals surface area contributed by atoms with E-state index in [4.69, 9.17) is 9.47 Å². The number of nitrogens with one attached hydrogen (secondary N) is 1. The van der Waals surface area contributed by atoms with Gasteiger partial charge in [0.2, 0.25) is 0 Å². The van der Waals surface area contributed by atoms with Crippen LogP contribution in [0.25, 0.3) is 0 Å². The molecular formula is C18H31NO4. The lowest BCUT2D eigenvalue weighted by molar-refractivity contribution is -0.125. The van der Waals surface area contributed by atoms with Gasteiger partial charge in [-0.15, -0.1) is 6.58 Å². The Hall–Kier alpha value is -1.36. The Morgan fingerprint density at radius 1 is 1.52 bits per heavy atom. The number of Topliss-reactive ketones (excluding diaryl/α,β-unsaturated/α-hetero) is 1. The van der Waals surface area contributed by atoms with Crippen molar-refractivity contribution in [2.75, 3.05) is 6.61 Å². The van der Waals surface area contributed by atoms with Crippen LogP contribution in [0.15, 0.2) is 12.7 Å². The van der Waals surface area contributed by atoms with Crippen LogP contribution in [0.5, 0.6) is 0 Å². The topological polar surface area (TPSA) is 64.6 Å². The Balaban J connectivity index is 2.74. The molecule has 0 aromatic carbocycles. The molecule has 1 aliphatic rings. The number of hydrogen-bond donors (Lipinski definition) is 1. The van der Waals surface area contributed by atoms with E-state index in [1.54, 1.807) is 0 Å². The van der Waals surface area contributed by atoms with Crippen LogP contribution in [0.4, 0.5) is 4.79 Å². The van der Waals surface area contributed by atoms with Crippen LogP contribution in [0, 0.1) is 11.8 Å². The van der Waals surface area contributed by atoms with Gasteiger partial charge in [-0.25, -0.2) is 4.79 Å². The maximum atomic E-state index is 12.3. The number of hydrogen-bond acceptors (Lipinski definition) is 4. The van der Waals surface area contributed by atoms with Crippen molar-refractivity contribution >= 4 is 11.9 Å². The fraction of sp³-hybridized carbons (Fsp3) is 0.778. The summed E-state index contributed by atoms with van der Waals surface area (Å²) in [5.41, 5.74) is -0.572. The fourth-order valence-corrected chi connectivity index (χ4v) is 2.68. The zero-order chi connectivity index (χ0) is 17.6. The number of carbonyl (C=O) groups excluding carboxylic acids is 2. The number of carbonyl (C=O) groups is 2. The summed E-state index contributed by atoms with van der Waals surface area (Å²) < 4.78 is 11.0. The third-order valence-corrected chi connectivity index (χ3v) is 3.88. The zero-order valence-corrected chi connectivity index (χ0v) is 15.1.